The maximum absolute atomic E-state index is 12.5. The Bertz CT molecular complexity index is 616. The van der Waals surface area contributed by atoms with E-state index < -0.39 is 60.8 Å². The molecule has 11 N–H and O–H groups in total. The summed E-state index contributed by atoms with van der Waals surface area (Å²) in [6, 6.07) is -3.40. The molecular formula is C18H34N6O7. The molecule has 0 saturated carbocycles. The standard InChI is InChI=1S/C18H34N6O7/c19-7-3-1-5-11(21)16(28)24-12(6-2-4-8-20)17(29)22-10-14(25)23-13(18(30)31)9-15(26)27/h11-13H,1-10,19-21H2,(H,22,29)(H,23,25)(H,24,28)(H,26,27)(H,30,31). The number of carbonyl (C=O) groups excluding carboxylic acids is 3. The van der Waals surface area contributed by atoms with Gasteiger partial charge in [0.05, 0.1) is 19.0 Å². The van der Waals surface area contributed by atoms with E-state index in [1.807, 2.05) is 5.32 Å². The van der Waals surface area contributed by atoms with Crippen molar-refractivity contribution in [3.63, 3.8) is 0 Å². The number of nitrogens with two attached hydrogens (primary N) is 3. The zero-order chi connectivity index (χ0) is 23.8. The second kappa shape index (κ2) is 16.0. The molecule has 0 aromatic heterocycles. The summed E-state index contributed by atoms with van der Waals surface area (Å²) in [5.74, 6) is -4.96. The van der Waals surface area contributed by atoms with Crippen molar-refractivity contribution in [3.8, 4) is 0 Å². The molecule has 0 heterocycles. The molecule has 0 aromatic carbocycles. The maximum Gasteiger partial charge on any atom is 0.326 e. The molecule has 178 valence electrons. The Labute approximate surface area is 180 Å². The Balaban J connectivity index is 4.81. The highest BCUT2D eigenvalue weighted by atomic mass is 16.4. The summed E-state index contributed by atoms with van der Waals surface area (Å²) < 4.78 is 0. The van der Waals surface area contributed by atoms with Crippen molar-refractivity contribution in [3.05, 3.63) is 0 Å². The van der Waals surface area contributed by atoms with Crippen LogP contribution in [0.1, 0.15) is 44.9 Å². The highest BCUT2D eigenvalue weighted by molar-refractivity contribution is 5.93. The van der Waals surface area contributed by atoms with Crippen LogP contribution in [0, 0.1) is 0 Å². The summed E-state index contributed by atoms with van der Waals surface area (Å²) in [6.07, 6.45) is 2.41. The predicted molar refractivity (Wildman–Crippen MR) is 111 cm³/mol. The van der Waals surface area contributed by atoms with Gasteiger partial charge in [-0.3, -0.25) is 19.2 Å². The van der Waals surface area contributed by atoms with Crippen molar-refractivity contribution in [1.82, 2.24) is 16.0 Å². The van der Waals surface area contributed by atoms with Gasteiger partial charge in [-0.15, -0.1) is 0 Å². The minimum absolute atomic E-state index is 0.267. The molecule has 0 aliphatic heterocycles. The number of nitrogens with one attached hydrogen (secondary N) is 3. The fourth-order valence-corrected chi connectivity index (χ4v) is 2.59. The van der Waals surface area contributed by atoms with Crippen molar-refractivity contribution >= 4 is 29.7 Å². The lowest BCUT2D eigenvalue weighted by Crippen LogP contribution is -2.53. The Morgan fingerprint density at radius 1 is 0.774 bits per heavy atom. The van der Waals surface area contributed by atoms with Crippen molar-refractivity contribution in [1.29, 1.82) is 0 Å². The van der Waals surface area contributed by atoms with E-state index in [1.54, 1.807) is 0 Å². The molecule has 0 bridgehead atoms. The third-order valence-electron chi connectivity index (χ3n) is 4.32. The molecule has 0 spiro atoms. The predicted octanol–water partition coefficient (Wildman–Crippen LogP) is -2.78. The number of carboxylic acid groups (broad SMARTS) is 2. The van der Waals surface area contributed by atoms with Crippen LogP contribution in [0.25, 0.3) is 0 Å². The summed E-state index contributed by atoms with van der Waals surface area (Å²) >= 11 is 0. The fourth-order valence-electron chi connectivity index (χ4n) is 2.59. The van der Waals surface area contributed by atoms with Gasteiger partial charge in [0.1, 0.15) is 12.1 Å². The van der Waals surface area contributed by atoms with Crippen LogP contribution in [0.5, 0.6) is 0 Å². The first-order valence-electron chi connectivity index (χ1n) is 10.1. The van der Waals surface area contributed by atoms with Crippen LogP contribution in [0.4, 0.5) is 0 Å². The second-order valence-electron chi connectivity index (χ2n) is 7.01. The van der Waals surface area contributed by atoms with E-state index in [2.05, 4.69) is 10.6 Å². The Hall–Kier alpha value is -2.77. The number of carboxylic acids is 2. The largest absolute Gasteiger partial charge is 0.481 e. The number of rotatable bonds is 17. The maximum atomic E-state index is 12.5. The van der Waals surface area contributed by atoms with Gasteiger partial charge in [-0.1, -0.05) is 6.42 Å². The minimum Gasteiger partial charge on any atom is -0.481 e. The molecule has 13 nitrogen and oxygen atoms in total. The number of hydrogen-bond acceptors (Lipinski definition) is 8. The minimum atomic E-state index is -1.63. The van der Waals surface area contributed by atoms with Crippen molar-refractivity contribution in [2.75, 3.05) is 19.6 Å². The van der Waals surface area contributed by atoms with Gasteiger partial charge in [-0.2, -0.15) is 0 Å². The van der Waals surface area contributed by atoms with Crippen LogP contribution in [0.3, 0.4) is 0 Å². The van der Waals surface area contributed by atoms with E-state index in [9.17, 15) is 24.0 Å². The first-order valence-corrected chi connectivity index (χ1v) is 10.1. The number of carbonyl (C=O) groups is 5. The molecule has 0 aliphatic carbocycles. The van der Waals surface area contributed by atoms with Crippen LogP contribution < -0.4 is 33.2 Å². The molecule has 0 rings (SSSR count). The highest BCUT2D eigenvalue weighted by Crippen LogP contribution is 2.04. The van der Waals surface area contributed by atoms with Gasteiger partial charge in [-0.25, -0.2) is 4.79 Å². The quantitative estimate of drug-likeness (QED) is 0.107. The lowest BCUT2D eigenvalue weighted by molar-refractivity contribution is -0.147. The summed E-state index contributed by atoms with van der Waals surface area (Å²) in [5.41, 5.74) is 16.7. The van der Waals surface area contributed by atoms with Crippen LogP contribution >= 0.6 is 0 Å². The summed E-state index contributed by atoms with van der Waals surface area (Å²) in [4.78, 5) is 58.3. The fraction of sp³-hybridized carbons (Fsp3) is 0.722. The van der Waals surface area contributed by atoms with Crippen LogP contribution in [-0.4, -0.2) is 77.6 Å². The number of hydrogen-bond donors (Lipinski definition) is 8. The van der Waals surface area contributed by atoms with Crippen molar-refractivity contribution < 1.29 is 34.2 Å². The summed E-state index contributed by atoms with van der Waals surface area (Å²) in [6.45, 7) is 0.299. The third kappa shape index (κ3) is 13.2. The highest BCUT2D eigenvalue weighted by Gasteiger charge is 2.26. The summed E-state index contributed by atoms with van der Waals surface area (Å²) in [7, 11) is 0. The van der Waals surface area contributed by atoms with E-state index in [1.165, 1.54) is 0 Å². The van der Waals surface area contributed by atoms with Crippen LogP contribution in [-0.2, 0) is 24.0 Å². The molecule has 0 aromatic rings. The second-order valence-corrected chi connectivity index (χ2v) is 7.01. The topological polar surface area (TPSA) is 240 Å². The van der Waals surface area contributed by atoms with E-state index in [0.717, 1.165) is 6.42 Å². The van der Waals surface area contributed by atoms with E-state index >= 15 is 0 Å². The van der Waals surface area contributed by atoms with Crippen molar-refractivity contribution in [2.24, 2.45) is 17.2 Å². The third-order valence-corrected chi connectivity index (χ3v) is 4.32. The van der Waals surface area contributed by atoms with Gasteiger partial charge in [0, 0.05) is 0 Å². The van der Waals surface area contributed by atoms with Gasteiger partial charge in [-0.05, 0) is 45.2 Å². The van der Waals surface area contributed by atoms with Gasteiger partial charge in [0.25, 0.3) is 0 Å². The molecule has 0 fully saturated rings. The molecule has 0 saturated heterocycles. The van der Waals surface area contributed by atoms with Gasteiger partial charge >= 0.3 is 11.9 Å². The monoisotopic (exact) mass is 446 g/mol. The lowest BCUT2D eigenvalue weighted by Gasteiger charge is -2.21. The summed E-state index contributed by atoms with van der Waals surface area (Å²) in [5, 5.41) is 24.5. The van der Waals surface area contributed by atoms with Gasteiger partial charge in [0.2, 0.25) is 17.7 Å². The molecule has 13 heteroatoms. The molecule has 3 unspecified atom stereocenters. The smallest absolute Gasteiger partial charge is 0.326 e. The number of amides is 3. The Morgan fingerprint density at radius 2 is 1.35 bits per heavy atom. The SMILES string of the molecule is NCCCCC(N)C(=O)NC(CCCCN)C(=O)NCC(=O)NC(CC(=O)O)C(=O)O. The van der Waals surface area contributed by atoms with Crippen LogP contribution in [0.2, 0.25) is 0 Å². The van der Waals surface area contributed by atoms with E-state index in [-0.39, 0.29) is 6.42 Å². The lowest BCUT2D eigenvalue weighted by atomic mass is 10.1. The molecule has 0 aliphatic rings. The molecule has 3 amide bonds. The normalized spacial score (nSPS) is 13.5. The zero-order valence-corrected chi connectivity index (χ0v) is 17.5. The molecule has 0 radical (unpaired) electrons. The van der Waals surface area contributed by atoms with Gasteiger partial charge < -0.3 is 43.4 Å². The Morgan fingerprint density at radius 3 is 1.87 bits per heavy atom. The van der Waals surface area contributed by atoms with Gasteiger partial charge in [0.15, 0.2) is 0 Å². The first-order chi connectivity index (χ1) is 14.6. The number of unbranched alkanes of at least 4 members (excludes halogenated alkanes) is 2. The molecule has 3 atom stereocenters. The van der Waals surface area contributed by atoms with E-state index in [4.69, 9.17) is 27.4 Å². The molecule has 31 heavy (non-hydrogen) atoms. The average molecular weight is 447 g/mol. The molecular weight excluding hydrogens is 412 g/mol. The van der Waals surface area contributed by atoms with Crippen molar-refractivity contribution in [2.45, 2.75) is 63.1 Å². The first kappa shape index (κ1) is 28.2. The van der Waals surface area contributed by atoms with Crippen LogP contribution in [0.15, 0.2) is 0 Å². The van der Waals surface area contributed by atoms with E-state index in [0.29, 0.717) is 38.8 Å². The average Bonchev–Trinajstić information content (AvgIpc) is 2.70. The Kier molecular flexibility index (Phi) is 14.6. The zero-order valence-electron chi connectivity index (χ0n) is 17.5. The number of aliphatic carboxylic acids is 2.